The lowest BCUT2D eigenvalue weighted by Gasteiger charge is -2.48. The number of methoxy groups -OCH3 is 1. The molecular weight excluding hydrogens is 198 g/mol. The van der Waals surface area contributed by atoms with Gasteiger partial charge in [0, 0.05) is 17.0 Å². The summed E-state index contributed by atoms with van der Waals surface area (Å²) in [7, 11) is 3.86. The number of benzene rings is 1. The molecule has 2 nitrogen and oxygen atoms in total. The highest BCUT2D eigenvalue weighted by atomic mass is 16.5. The molecule has 3 aliphatic carbocycles. The third-order valence-corrected chi connectivity index (χ3v) is 4.61. The summed E-state index contributed by atoms with van der Waals surface area (Å²) < 4.78 is 5.51. The van der Waals surface area contributed by atoms with Gasteiger partial charge in [-0.2, -0.15) is 0 Å². The summed E-state index contributed by atoms with van der Waals surface area (Å²) in [6.45, 7) is 0. The van der Waals surface area contributed by atoms with Gasteiger partial charge in [-0.1, -0.05) is 18.2 Å². The second-order valence-electron chi connectivity index (χ2n) is 5.13. The first-order chi connectivity index (χ1) is 7.81. The summed E-state index contributed by atoms with van der Waals surface area (Å²) in [4.78, 5) is 0. The molecule has 16 heavy (non-hydrogen) atoms. The van der Waals surface area contributed by atoms with Crippen LogP contribution in [0.25, 0.3) is 0 Å². The van der Waals surface area contributed by atoms with Crippen LogP contribution in [-0.2, 0) is 5.41 Å². The molecule has 1 aromatic carbocycles. The molecule has 2 bridgehead atoms. The standard InChI is InChI=1S/C14H19NO/c1-15-13-10-7-8-14(13,9-10)11-5-3-4-6-12(11)16-2/h3-6,10,13,15H,7-9H2,1-2H3. The van der Waals surface area contributed by atoms with Crippen LogP contribution >= 0.6 is 0 Å². The molecule has 3 aliphatic rings. The fraction of sp³-hybridized carbons (Fsp3) is 0.571. The Balaban J connectivity index is 2.03. The summed E-state index contributed by atoms with van der Waals surface area (Å²) in [6, 6.07) is 9.17. The quantitative estimate of drug-likeness (QED) is 0.839. The van der Waals surface area contributed by atoms with Crippen molar-refractivity contribution in [1.29, 1.82) is 0 Å². The second-order valence-corrected chi connectivity index (χ2v) is 5.13. The average Bonchev–Trinajstić information content (AvgIpc) is 2.88. The van der Waals surface area contributed by atoms with Gasteiger partial charge in [0.25, 0.3) is 0 Å². The number of hydrogen-bond donors (Lipinski definition) is 1. The molecule has 0 heterocycles. The van der Waals surface area contributed by atoms with E-state index in [4.69, 9.17) is 4.74 Å². The fourth-order valence-corrected chi connectivity index (χ4v) is 3.95. The van der Waals surface area contributed by atoms with Crippen molar-refractivity contribution in [2.75, 3.05) is 14.2 Å². The highest BCUT2D eigenvalue weighted by molar-refractivity contribution is 5.45. The van der Waals surface area contributed by atoms with Gasteiger partial charge in [-0.15, -0.1) is 0 Å². The topological polar surface area (TPSA) is 21.3 Å². The van der Waals surface area contributed by atoms with Crippen molar-refractivity contribution < 1.29 is 4.74 Å². The largest absolute Gasteiger partial charge is 0.496 e. The molecule has 0 aliphatic heterocycles. The molecule has 3 fully saturated rings. The number of rotatable bonds is 3. The van der Waals surface area contributed by atoms with E-state index in [1.807, 2.05) is 0 Å². The molecule has 0 saturated heterocycles. The minimum absolute atomic E-state index is 0.353. The molecule has 3 saturated carbocycles. The molecule has 2 heteroatoms. The van der Waals surface area contributed by atoms with Crippen molar-refractivity contribution in [3.05, 3.63) is 29.8 Å². The van der Waals surface area contributed by atoms with Crippen molar-refractivity contribution >= 4 is 0 Å². The number of likely N-dealkylation sites (N-methyl/N-ethyl adjacent to an activating group) is 1. The Kier molecular flexibility index (Phi) is 2.21. The number of fused-ring (bicyclic) bond motifs is 1. The Labute approximate surface area is 97.0 Å². The highest BCUT2D eigenvalue weighted by Crippen LogP contribution is 2.61. The van der Waals surface area contributed by atoms with Gasteiger partial charge in [-0.05, 0) is 38.3 Å². The molecule has 1 N–H and O–H groups in total. The fourth-order valence-electron chi connectivity index (χ4n) is 3.95. The smallest absolute Gasteiger partial charge is 0.122 e. The van der Waals surface area contributed by atoms with Gasteiger partial charge in [0.1, 0.15) is 5.75 Å². The summed E-state index contributed by atoms with van der Waals surface area (Å²) >= 11 is 0. The maximum absolute atomic E-state index is 5.51. The van der Waals surface area contributed by atoms with Crippen molar-refractivity contribution in [3.63, 3.8) is 0 Å². The van der Waals surface area contributed by atoms with Crippen LogP contribution in [-0.4, -0.2) is 20.2 Å². The van der Waals surface area contributed by atoms with Gasteiger partial charge >= 0.3 is 0 Å². The maximum Gasteiger partial charge on any atom is 0.122 e. The average molecular weight is 217 g/mol. The normalized spacial score (nSPS) is 35.9. The van der Waals surface area contributed by atoms with E-state index in [2.05, 4.69) is 36.6 Å². The molecule has 4 rings (SSSR count). The second kappa shape index (κ2) is 3.49. The van der Waals surface area contributed by atoms with Crippen LogP contribution in [0.1, 0.15) is 24.8 Å². The minimum Gasteiger partial charge on any atom is -0.496 e. The van der Waals surface area contributed by atoms with Gasteiger partial charge in [0.15, 0.2) is 0 Å². The predicted octanol–water partition coefficient (Wildman–Crippen LogP) is 2.33. The van der Waals surface area contributed by atoms with E-state index in [0.29, 0.717) is 11.5 Å². The zero-order valence-corrected chi connectivity index (χ0v) is 9.99. The lowest BCUT2D eigenvalue weighted by Crippen LogP contribution is -2.56. The molecule has 1 aromatic rings. The molecule has 0 aromatic heterocycles. The van der Waals surface area contributed by atoms with Crippen LogP contribution < -0.4 is 10.1 Å². The Bertz CT molecular complexity index is 399. The number of ether oxygens (including phenoxy) is 1. The van der Waals surface area contributed by atoms with E-state index >= 15 is 0 Å². The van der Waals surface area contributed by atoms with Crippen molar-refractivity contribution in [3.8, 4) is 5.75 Å². The van der Waals surface area contributed by atoms with Gasteiger partial charge in [0.05, 0.1) is 7.11 Å². The SMILES string of the molecule is CNC1C2CCC1(c1ccccc1OC)C2. The van der Waals surface area contributed by atoms with E-state index < -0.39 is 0 Å². The highest BCUT2D eigenvalue weighted by Gasteiger charge is 2.59. The monoisotopic (exact) mass is 217 g/mol. The van der Waals surface area contributed by atoms with Gasteiger partial charge < -0.3 is 10.1 Å². The van der Waals surface area contributed by atoms with Gasteiger partial charge in [-0.25, -0.2) is 0 Å². The van der Waals surface area contributed by atoms with E-state index in [0.717, 1.165) is 11.7 Å². The Morgan fingerprint density at radius 3 is 2.88 bits per heavy atom. The van der Waals surface area contributed by atoms with Crippen LogP contribution in [0, 0.1) is 5.92 Å². The molecule has 0 radical (unpaired) electrons. The molecule has 3 atom stereocenters. The van der Waals surface area contributed by atoms with Crippen molar-refractivity contribution in [2.24, 2.45) is 5.92 Å². The summed E-state index contributed by atoms with van der Waals surface area (Å²) in [5, 5.41) is 3.50. The number of hydrogen-bond acceptors (Lipinski definition) is 2. The van der Waals surface area contributed by atoms with Crippen LogP contribution in [0.5, 0.6) is 5.75 Å². The Morgan fingerprint density at radius 2 is 2.19 bits per heavy atom. The zero-order chi connectivity index (χ0) is 11.2. The lowest BCUT2D eigenvalue weighted by atomic mass is 9.61. The predicted molar refractivity (Wildman–Crippen MR) is 64.9 cm³/mol. The lowest BCUT2D eigenvalue weighted by molar-refractivity contribution is 0.153. The molecule has 0 spiro atoms. The van der Waals surface area contributed by atoms with Gasteiger partial charge in [-0.3, -0.25) is 0 Å². The number of para-hydroxylation sites is 1. The molecule has 0 amide bonds. The Morgan fingerprint density at radius 1 is 1.38 bits per heavy atom. The zero-order valence-electron chi connectivity index (χ0n) is 9.99. The third-order valence-electron chi connectivity index (χ3n) is 4.61. The third kappa shape index (κ3) is 1.11. The van der Waals surface area contributed by atoms with Crippen LogP contribution in [0.4, 0.5) is 0 Å². The molecular formula is C14H19NO. The first kappa shape index (κ1) is 10.2. The Hall–Kier alpha value is -1.02. The summed E-state index contributed by atoms with van der Waals surface area (Å²) in [5.41, 5.74) is 1.76. The van der Waals surface area contributed by atoms with E-state index in [1.165, 1.54) is 24.8 Å². The van der Waals surface area contributed by atoms with Crippen LogP contribution in [0.15, 0.2) is 24.3 Å². The molecule has 3 unspecified atom stereocenters. The summed E-state index contributed by atoms with van der Waals surface area (Å²) in [6.07, 6.45) is 4.01. The van der Waals surface area contributed by atoms with E-state index in [1.54, 1.807) is 7.11 Å². The van der Waals surface area contributed by atoms with Crippen molar-refractivity contribution in [2.45, 2.75) is 30.7 Å². The van der Waals surface area contributed by atoms with Crippen LogP contribution in [0.2, 0.25) is 0 Å². The van der Waals surface area contributed by atoms with Crippen molar-refractivity contribution in [1.82, 2.24) is 5.32 Å². The molecule has 86 valence electrons. The minimum atomic E-state index is 0.353. The van der Waals surface area contributed by atoms with E-state index in [-0.39, 0.29) is 0 Å². The number of nitrogens with one attached hydrogen (secondary N) is 1. The first-order valence-electron chi connectivity index (χ1n) is 6.12. The van der Waals surface area contributed by atoms with Crippen LogP contribution in [0.3, 0.4) is 0 Å². The van der Waals surface area contributed by atoms with E-state index in [9.17, 15) is 0 Å². The first-order valence-corrected chi connectivity index (χ1v) is 6.12. The maximum atomic E-state index is 5.51. The summed E-state index contributed by atoms with van der Waals surface area (Å²) in [5.74, 6) is 1.94. The van der Waals surface area contributed by atoms with Gasteiger partial charge in [0.2, 0.25) is 0 Å².